The van der Waals surface area contributed by atoms with E-state index in [9.17, 15) is 18.0 Å². The Morgan fingerprint density at radius 2 is 1.73 bits per heavy atom. The van der Waals surface area contributed by atoms with Crippen LogP contribution in [0.2, 0.25) is 5.02 Å². The first-order valence-corrected chi connectivity index (χ1v) is 12.4. The number of ether oxygens (including phenoxy) is 1. The summed E-state index contributed by atoms with van der Waals surface area (Å²) in [4.78, 5) is 18.7. The smallest absolute Gasteiger partial charge is 0.416 e. The number of thioether (sulfide) groups is 1. The van der Waals surface area contributed by atoms with Crippen molar-refractivity contribution in [1.29, 1.82) is 0 Å². The summed E-state index contributed by atoms with van der Waals surface area (Å²) < 4.78 is 45.7. The second-order valence-electron chi connectivity index (χ2n) is 8.12. The van der Waals surface area contributed by atoms with Crippen LogP contribution in [0.4, 0.5) is 18.9 Å². The Bertz CT molecular complexity index is 1470. The van der Waals surface area contributed by atoms with E-state index in [4.69, 9.17) is 16.3 Å². The summed E-state index contributed by atoms with van der Waals surface area (Å²) in [6.07, 6.45) is -5.58. The van der Waals surface area contributed by atoms with Crippen LogP contribution in [0.5, 0.6) is 5.88 Å². The molecule has 1 amide bonds. The highest BCUT2D eigenvalue weighted by molar-refractivity contribution is 7.98. The van der Waals surface area contributed by atoms with Crippen molar-refractivity contribution in [2.75, 3.05) is 4.90 Å². The average Bonchev–Trinajstić information content (AvgIpc) is 3.02. The van der Waals surface area contributed by atoms with Gasteiger partial charge in [-0.1, -0.05) is 71.9 Å². The van der Waals surface area contributed by atoms with E-state index in [-0.39, 0.29) is 11.8 Å². The molecule has 1 aromatic heterocycles. The fourth-order valence-corrected chi connectivity index (χ4v) is 4.99. The van der Waals surface area contributed by atoms with Gasteiger partial charge in [0.15, 0.2) is 5.69 Å². The van der Waals surface area contributed by atoms with Crippen molar-refractivity contribution >= 4 is 35.0 Å². The molecule has 37 heavy (non-hydrogen) atoms. The summed E-state index contributed by atoms with van der Waals surface area (Å²) in [5.41, 5.74) is 1.79. The molecular weight excluding hydrogens is 525 g/mol. The van der Waals surface area contributed by atoms with Crippen molar-refractivity contribution in [2.24, 2.45) is 0 Å². The molecule has 188 valence electrons. The number of nitrogens with zero attached hydrogens (tertiary/aromatic N) is 4. The van der Waals surface area contributed by atoms with Crippen LogP contribution < -0.4 is 9.64 Å². The molecule has 5 rings (SSSR count). The Morgan fingerprint density at radius 1 is 1.03 bits per heavy atom. The standard InChI is InChI=1S/C26H18ClF3N4O2S/c1-15(35)34-21-9-5-3-7-19(21)22-23(36-24(34)16-10-12-18(13-11-16)26(28,29)30)31-25(33-32-22)37-14-17-6-2-4-8-20(17)27/h2-13,24H,14H2,1H3. The normalized spacial score (nSPS) is 14.8. The van der Waals surface area contributed by atoms with E-state index >= 15 is 0 Å². The highest BCUT2D eigenvalue weighted by Crippen LogP contribution is 2.44. The minimum Gasteiger partial charge on any atom is -0.447 e. The number of hydrogen-bond donors (Lipinski definition) is 0. The number of carbonyl (C=O) groups excluding carboxylic acids is 1. The number of amides is 1. The van der Waals surface area contributed by atoms with Gasteiger partial charge in [-0.3, -0.25) is 9.69 Å². The summed E-state index contributed by atoms with van der Waals surface area (Å²) in [7, 11) is 0. The summed E-state index contributed by atoms with van der Waals surface area (Å²) in [6, 6.07) is 18.9. The second kappa shape index (κ2) is 10.0. The quantitative estimate of drug-likeness (QED) is 0.260. The van der Waals surface area contributed by atoms with Crippen molar-refractivity contribution < 1.29 is 22.7 Å². The van der Waals surface area contributed by atoms with Gasteiger partial charge in [0.1, 0.15) is 0 Å². The maximum Gasteiger partial charge on any atom is 0.416 e. The lowest BCUT2D eigenvalue weighted by Crippen LogP contribution is -2.36. The molecule has 0 saturated heterocycles. The minimum atomic E-state index is -4.49. The number of aromatic nitrogens is 3. The third-order valence-corrected chi connectivity index (χ3v) is 6.94. The van der Waals surface area contributed by atoms with Crippen molar-refractivity contribution in [1.82, 2.24) is 15.2 Å². The Balaban J connectivity index is 1.56. The van der Waals surface area contributed by atoms with E-state index in [0.717, 1.165) is 17.7 Å². The molecule has 1 aliphatic heterocycles. The van der Waals surface area contributed by atoms with Gasteiger partial charge in [0.05, 0.1) is 11.3 Å². The number of para-hydroxylation sites is 1. The summed E-state index contributed by atoms with van der Waals surface area (Å²) in [5, 5.41) is 9.51. The molecule has 0 N–H and O–H groups in total. The van der Waals surface area contributed by atoms with E-state index in [1.165, 1.54) is 35.7 Å². The molecule has 11 heteroatoms. The van der Waals surface area contributed by atoms with Crippen molar-refractivity contribution in [3.8, 4) is 17.1 Å². The van der Waals surface area contributed by atoms with Gasteiger partial charge in [-0.05, 0) is 29.8 Å². The molecule has 3 aromatic carbocycles. The Kier molecular flexibility index (Phi) is 6.78. The molecule has 1 unspecified atom stereocenters. The summed E-state index contributed by atoms with van der Waals surface area (Å²) in [5.74, 6) is 0.225. The first kappa shape index (κ1) is 25.0. The minimum absolute atomic E-state index is 0.109. The molecule has 1 aliphatic rings. The van der Waals surface area contributed by atoms with Crippen LogP contribution in [0.15, 0.2) is 78.0 Å². The second-order valence-corrected chi connectivity index (χ2v) is 9.47. The molecule has 4 aromatic rings. The van der Waals surface area contributed by atoms with Crippen molar-refractivity contribution in [3.05, 3.63) is 94.5 Å². The molecule has 0 aliphatic carbocycles. The number of fused-ring (bicyclic) bond motifs is 3. The Hall–Kier alpha value is -3.63. The van der Waals surface area contributed by atoms with Crippen LogP contribution in [0.3, 0.4) is 0 Å². The van der Waals surface area contributed by atoms with Crippen LogP contribution in [0.1, 0.15) is 29.8 Å². The number of hydrogen-bond acceptors (Lipinski definition) is 6. The molecule has 0 radical (unpaired) electrons. The van der Waals surface area contributed by atoms with E-state index in [2.05, 4.69) is 15.2 Å². The van der Waals surface area contributed by atoms with E-state index in [0.29, 0.717) is 38.4 Å². The van der Waals surface area contributed by atoms with Gasteiger partial charge in [0.2, 0.25) is 23.2 Å². The molecular formula is C26H18ClF3N4O2S. The zero-order valence-corrected chi connectivity index (χ0v) is 20.8. The maximum absolute atomic E-state index is 13.2. The van der Waals surface area contributed by atoms with E-state index in [1.807, 2.05) is 18.2 Å². The van der Waals surface area contributed by atoms with Gasteiger partial charge in [0.25, 0.3) is 0 Å². The van der Waals surface area contributed by atoms with Gasteiger partial charge in [-0.15, -0.1) is 10.2 Å². The molecule has 0 fully saturated rings. The molecule has 1 atom stereocenters. The lowest BCUT2D eigenvalue weighted by molar-refractivity contribution is -0.137. The average molecular weight is 543 g/mol. The number of alkyl halides is 3. The lowest BCUT2D eigenvalue weighted by Gasteiger charge is -2.30. The summed E-state index contributed by atoms with van der Waals surface area (Å²) in [6.45, 7) is 1.36. The molecule has 2 heterocycles. The fourth-order valence-electron chi connectivity index (χ4n) is 3.93. The maximum atomic E-state index is 13.2. The number of anilines is 1. The van der Waals surface area contributed by atoms with Crippen molar-refractivity contribution in [3.63, 3.8) is 0 Å². The van der Waals surface area contributed by atoms with Crippen molar-refractivity contribution in [2.45, 2.75) is 30.2 Å². The number of halogens is 4. The number of carbonyl (C=O) groups is 1. The fraction of sp³-hybridized carbons (Fsp3) is 0.154. The highest BCUT2D eigenvalue weighted by atomic mass is 35.5. The molecule has 0 bridgehead atoms. The van der Waals surface area contributed by atoms with E-state index in [1.54, 1.807) is 30.3 Å². The third kappa shape index (κ3) is 5.12. The number of benzene rings is 3. The molecule has 0 spiro atoms. The van der Waals surface area contributed by atoms with Gasteiger partial charge >= 0.3 is 6.18 Å². The zero-order chi connectivity index (χ0) is 26.2. The van der Waals surface area contributed by atoms with Crippen LogP contribution >= 0.6 is 23.4 Å². The Morgan fingerprint density at radius 3 is 2.43 bits per heavy atom. The third-order valence-electron chi connectivity index (χ3n) is 5.69. The highest BCUT2D eigenvalue weighted by Gasteiger charge is 2.36. The van der Waals surface area contributed by atoms with Crippen LogP contribution in [0, 0.1) is 0 Å². The summed E-state index contributed by atoms with van der Waals surface area (Å²) >= 11 is 7.56. The van der Waals surface area contributed by atoms with Gasteiger partial charge in [0, 0.05) is 28.8 Å². The molecule has 0 saturated carbocycles. The van der Waals surface area contributed by atoms with Crippen LogP contribution in [-0.4, -0.2) is 21.1 Å². The molecule has 6 nitrogen and oxygen atoms in total. The zero-order valence-electron chi connectivity index (χ0n) is 19.2. The van der Waals surface area contributed by atoms with Gasteiger partial charge in [-0.25, -0.2) is 0 Å². The van der Waals surface area contributed by atoms with E-state index < -0.39 is 18.0 Å². The Labute approximate surface area is 219 Å². The predicted octanol–water partition coefficient (Wildman–Crippen LogP) is 6.95. The van der Waals surface area contributed by atoms with Gasteiger partial charge < -0.3 is 4.74 Å². The van der Waals surface area contributed by atoms with Crippen LogP contribution in [-0.2, 0) is 16.7 Å². The first-order valence-electron chi connectivity index (χ1n) is 11.1. The first-order chi connectivity index (χ1) is 17.7. The van der Waals surface area contributed by atoms with Gasteiger partial charge in [-0.2, -0.15) is 18.2 Å². The monoisotopic (exact) mass is 542 g/mol. The van der Waals surface area contributed by atoms with Crippen LogP contribution in [0.25, 0.3) is 11.3 Å². The SMILES string of the molecule is CC(=O)N1c2ccccc2-c2nnc(SCc3ccccc3Cl)nc2OC1c1ccc(C(F)(F)F)cc1. The predicted molar refractivity (Wildman–Crippen MR) is 134 cm³/mol. The largest absolute Gasteiger partial charge is 0.447 e. The topological polar surface area (TPSA) is 68.2 Å². The number of rotatable bonds is 4. The lowest BCUT2D eigenvalue weighted by atomic mass is 10.1.